The van der Waals surface area contributed by atoms with Gasteiger partial charge in [-0.2, -0.15) is 0 Å². The van der Waals surface area contributed by atoms with Gasteiger partial charge in [0.1, 0.15) is 4.90 Å². The Labute approximate surface area is 116 Å². The van der Waals surface area contributed by atoms with Crippen molar-refractivity contribution < 1.29 is 8.42 Å². The summed E-state index contributed by atoms with van der Waals surface area (Å²) in [5.41, 5.74) is 6.60. The summed E-state index contributed by atoms with van der Waals surface area (Å²) in [7, 11) is -3.71. The summed E-state index contributed by atoms with van der Waals surface area (Å²) in [6, 6.07) is 6.37. The molecule has 7 heteroatoms. The van der Waals surface area contributed by atoms with Crippen LogP contribution in [0.25, 0.3) is 10.9 Å². The Kier molecular flexibility index (Phi) is 3.75. The van der Waals surface area contributed by atoms with E-state index in [2.05, 4.69) is 16.3 Å². The van der Waals surface area contributed by atoms with Crippen molar-refractivity contribution in [2.45, 2.75) is 4.90 Å². The second-order valence-electron chi connectivity index (χ2n) is 3.89. The molecule has 1 aromatic heterocycles. The van der Waals surface area contributed by atoms with Crippen LogP contribution < -0.4 is 10.5 Å². The van der Waals surface area contributed by atoms with E-state index in [0.717, 1.165) is 0 Å². The number of anilines is 1. The predicted molar refractivity (Wildman–Crippen MR) is 76.3 cm³/mol. The molecule has 1 aromatic carbocycles. The van der Waals surface area contributed by atoms with Crippen LogP contribution in [0.15, 0.2) is 47.0 Å². The first-order valence-electron chi connectivity index (χ1n) is 5.38. The third-order valence-corrected chi connectivity index (χ3v) is 4.08. The van der Waals surface area contributed by atoms with E-state index in [9.17, 15) is 8.42 Å². The molecule has 0 spiro atoms. The zero-order valence-corrected chi connectivity index (χ0v) is 11.5. The number of fused-ring (bicyclic) bond motifs is 1. The summed E-state index contributed by atoms with van der Waals surface area (Å²) in [4.78, 5) is 4.15. The highest BCUT2D eigenvalue weighted by Gasteiger charge is 2.18. The number of benzene rings is 1. The first kappa shape index (κ1) is 13.8. The van der Waals surface area contributed by atoms with Crippen molar-refractivity contribution in [1.29, 1.82) is 0 Å². The van der Waals surface area contributed by atoms with Gasteiger partial charge in [0.05, 0.1) is 5.52 Å². The maximum Gasteiger partial charge on any atom is 0.243 e. The smallest absolute Gasteiger partial charge is 0.243 e. The molecule has 0 radical (unpaired) electrons. The average Bonchev–Trinajstić information content (AvgIpc) is 2.37. The third kappa shape index (κ3) is 2.86. The Hall–Kier alpha value is -1.63. The van der Waals surface area contributed by atoms with Crippen LogP contribution in [0.3, 0.4) is 0 Å². The van der Waals surface area contributed by atoms with E-state index in [-0.39, 0.29) is 16.5 Å². The molecule has 19 heavy (non-hydrogen) atoms. The second kappa shape index (κ2) is 5.16. The highest BCUT2D eigenvalue weighted by Crippen LogP contribution is 2.25. The molecule has 0 fully saturated rings. The lowest BCUT2D eigenvalue weighted by atomic mass is 10.2. The largest absolute Gasteiger partial charge is 0.398 e. The van der Waals surface area contributed by atoms with Crippen molar-refractivity contribution in [3.63, 3.8) is 0 Å². The van der Waals surface area contributed by atoms with E-state index in [4.69, 9.17) is 17.3 Å². The van der Waals surface area contributed by atoms with Crippen LogP contribution in [0.5, 0.6) is 0 Å². The van der Waals surface area contributed by atoms with Gasteiger partial charge in [0.25, 0.3) is 0 Å². The van der Waals surface area contributed by atoms with Gasteiger partial charge in [-0.3, -0.25) is 4.98 Å². The van der Waals surface area contributed by atoms with Crippen LogP contribution in [0.1, 0.15) is 0 Å². The second-order valence-corrected chi connectivity index (χ2v) is 6.16. The summed E-state index contributed by atoms with van der Waals surface area (Å²) in [6.07, 6.45) is 1.52. The van der Waals surface area contributed by atoms with E-state index < -0.39 is 10.0 Å². The number of sulfonamides is 1. The molecule has 2 rings (SSSR count). The Morgan fingerprint density at radius 3 is 2.84 bits per heavy atom. The lowest BCUT2D eigenvalue weighted by molar-refractivity contribution is 0.586. The molecular weight excluding hydrogens is 286 g/mol. The summed E-state index contributed by atoms with van der Waals surface area (Å²) in [5.74, 6) is 0. The van der Waals surface area contributed by atoms with Crippen molar-refractivity contribution in [1.82, 2.24) is 9.71 Å². The van der Waals surface area contributed by atoms with Gasteiger partial charge >= 0.3 is 0 Å². The molecule has 2 aromatic rings. The van der Waals surface area contributed by atoms with Crippen LogP contribution in [-0.4, -0.2) is 19.9 Å². The van der Waals surface area contributed by atoms with Crippen molar-refractivity contribution >= 4 is 38.2 Å². The summed E-state index contributed by atoms with van der Waals surface area (Å²) >= 11 is 5.56. The molecule has 0 bridgehead atoms. The quantitative estimate of drug-likeness (QED) is 0.843. The first-order chi connectivity index (χ1) is 8.92. The standard InChI is InChI=1S/C12H12ClN3O2S/c1-8(13)7-16-19(17,18)11-5-4-10(14)9-3-2-6-15-12(9)11/h2-6,16H,1,7,14H2. The molecule has 0 saturated heterocycles. The number of nitrogens with zero attached hydrogens (tertiary/aromatic N) is 1. The van der Waals surface area contributed by atoms with E-state index in [1.54, 1.807) is 12.1 Å². The van der Waals surface area contributed by atoms with Crippen LogP contribution in [-0.2, 0) is 10.0 Å². The Morgan fingerprint density at radius 2 is 2.16 bits per heavy atom. The molecule has 0 aliphatic heterocycles. The number of nitrogen functional groups attached to an aromatic ring is 1. The van der Waals surface area contributed by atoms with E-state index in [1.807, 2.05) is 0 Å². The number of aromatic nitrogens is 1. The van der Waals surface area contributed by atoms with Crippen molar-refractivity contribution in [2.24, 2.45) is 0 Å². The van der Waals surface area contributed by atoms with Gasteiger partial charge in [0, 0.05) is 28.8 Å². The number of nitrogens with one attached hydrogen (secondary N) is 1. The van der Waals surface area contributed by atoms with Crippen LogP contribution in [0.2, 0.25) is 0 Å². The Balaban J connectivity index is 2.57. The van der Waals surface area contributed by atoms with Crippen molar-refractivity contribution in [2.75, 3.05) is 12.3 Å². The predicted octanol–water partition coefficient (Wildman–Crippen LogP) is 1.85. The van der Waals surface area contributed by atoms with E-state index >= 15 is 0 Å². The summed E-state index contributed by atoms with van der Waals surface area (Å²) in [5, 5.41) is 0.798. The SMILES string of the molecule is C=C(Cl)CNS(=O)(=O)c1ccc(N)c2cccnc12. The highest BCUT2D eigenvalue weighted by atomic mass is 35.5. The van der Waals surface area contributed by atoms with Gasteiger partial charge in [0.15, 0.2) is 0 Å². The molecule has 0 amide bonds. The summed E-state index contributed by atoms with van der Waals surface area (Å²) in [6.45, 7) is 3.39. The highest BCUT2D eigenvalue weighted by molar-refractivity contribution is 7.89. The van der Waals surface area contributed by atoms with Crippen LogP contribution >= 0.6 is 11.6 Å². The molecule has 0 aliphatic rings. The average molecular weight is 298 g/mol. The molecule has 100 valence electrons. The molecule has 0 aliphatic carbocycles. The van der Waals surface area contributed by atoms with Crippen molar-refractivity contribution in [3.8, 4) is 0 Å². The topological polar surface area (TPSA) is 85.1 Å². The monoisotopic (exact) mass is 297 g/mol. The normalized spacial score (nSPS) is 11.6. The minimum atomic E-state index is -3.71. The van der Waals surface area contributed by atoms with Gasteiger partial charge in [-0.05, 0) is 24.3 Å². The minimum absolute atomic E-state index is 0.0391. The maximum atomic E-state index is 12.2. The number of hydrogen-bond acceptors (Lipinski definition) is 4. The number of rotatable bonds is 4. The van der Waals surface area contributed by atoms with Gasteiger partial charge < -0.3 is 5.73 Å². The van der Waals surface area contributed by atoms with E-state index in [0.29, 0.717) is 16.6 Å². The van der Waals surface area contributed by atoms with Gasteiger partial charge in [-0.25, -0.2) is 13.1 Å². The summed E-state index contributed by atoms with van der Waals surface area (Å²) < 4.78 is 26.7. The molecule has 3 N–H and O–H groups in total. The number of nitrogens with two attached hydrogens (primary N) is 1. The van der Waals surface area contributed by atoms with Gasteiger partial charge in [-0.1, -0.05) is 18.2 Å². The molecule has 5 nitrogen and oxygen atoms in total. The van der Waals surface area contributed by atoms with Crippen LogP contribution in [0, 0.1) is 0 Å². The molecule has 0 atom stereocenters. The number of halogens is 1. The fourth-order valence-electron chi connectivity index (χ4n) is 1.64. The molecule has 1 heterocycles. The fourth-order valence-corrected chi connectivity index (χ4v) is 2.97. The third-order valence-electron chi connectivity index (χ3n) is 2.51. The molecule has 0 saturated carbocycles. The molecule has 0 unspecified atom stereocenters. The zero-order chi connectivity index (χ0) is 14.0. The fraction of sp³-hybridized carbons (Fsp3) is 0.0833. The lowest BCUT2D eigenvalue weighted by Gasteiger charge is -2.09. The van der Waals surface area contributed by atoms with E-state index in [1.165, 1.54) is 18.3 Å². The zero-order valence-electron chi connectivity index (χ0n) is 9.93. The number of pyridine rings is 1. The minimum Gasteiger partial charge on any atom is -0.398 e. The lowest BCUT2D eigenvalue weighted by Crippen LogP contribution is -2.25. The van der Waals surface area contributed by atoms with Gasteiger partial charge in [0.2, 0.25) is 10.0 Å². The maximum absolute atomic E-state index is 12.2. The Bertz CT molecular complexity index is 744. The van der Waals surface area contributed by atoms with Gasteiger partial charge in [-0.15, -0.1) is 0 Å². The molecular formula is C12H12ClN3O2S. The van der Waals surface area contributed by atoms with Crippen molar-refractivity contribution in [3.05, 3.63) is 42.1 Å². The number of hydrogen-bond donors (Lipinski definition) is 2. The van der Waals surface area contributed by atoms with Crippen LogP contribution in [0.4, 0.5) is 5.69 Å². The first-order valence-corrected chi connectivity index (χ1v) is 7.24. The Morgan fingerprint density at radius 1 is 1.42 bits per heavy atom.